The molecule has 1 amide bonds. The Bertz CT molecular complexity index is 936. The molecule has 0 fully saturated rings. The Hall–Kier alpha value is -3.72. The van der Waals surface area contributed by atoms with E-state index in [1.165, 1.54) is 0 Å². The lowest BCUT2D eigenvalue weighted by atomic mass is 9.68. The van der Waals surface area contributed by atoms with E-state index in [1.807, 2.05) is 103 Å². The quantitative estimate of drug-likeness (QED) is 0.503. The van der Waals surface area contributed by atoms with Crippen molar-refractivity contribution in [2.45, 2.75) is 5.41 Å². The maximum absolute atomic E-state index is 13.9. The lowest BCUT2D eigenvalue weighted by Gasteiger charge is -2.34. The summed E-state index contributed by atoms with van der Waals surface area (Å²) in [6.07, 6.45) is 3.35. The van der Waals surface area contributed by atoms with Crippen LogP contribution in [0.4, 0.5) is 5.69 Å². The Morgan fingerprint density at radius 1 is 0.643 bits per heavy atom. The van der Waals surface area contributed by atoms with E-state index >= 15 is 0 Å². The third kappa shape index (κ3) is 3.19. The van der Waals surface area contributed by atoms with Crippen LogP contribution in [0.1, 0.15) is 16.7 Å². The molecule has 1 heterocycles. The number of anilines is 1. The number of nitrogens with zero attached hydrogens (tertiary/aromatic N) is 1. The normalized spacial score (nSPS) is 11.0. The van der Waals surface area contributed by atoms with Crippen LogP contribution in [0.3, 0.4) is 0 Å². The van der Waals surface area contributed by atoms with Crippen molar-refractivity contribution in [3.63, 3.8) is 0 Å². The van der Waals surface area contributed by atoms with Crippen molar-refractivity contribution in [3.05, 3.63) is 132 Å². The molecule has 136 valence electrons. The summed E-state index contributed by atoms with van der Waals surface area (Å²) >= 11 is 0. The molecule has 4 aromatic rings. The first-order chi connectivity index (χ1) is 13.8. The summed E-state index contributed by atoms with van der Waals surface area (Å²) in [5.41, 5.74) is 2.41. The molecule has 0 saturated carbocycles. The zero-order chi connectivity index (χ0) is 19.2. The van der Waals surface area contributed by atoms with Gasteiger partial charge in [0.15, 0.2) is 0 Å². The van der Waals surface area contributed by atoms with Crippen molar-refractivity contribution < 1.29 is 4.79 Å². The average molecular weight is 364 g/mol. The zero-order valence-electron chi connectivity index (χ0n) is 15.3. The van der Waals surface area contributed by atoms with Gasteiger partial charge in [-0.15, -0.1) is 0 Å². The minimum atomic E-state index is -0.986. The highest BCUT2D eigenvalue weighted by Gasteiger charge is 2.43. The van der Waals surface area contributed by atoms with Gasteiger partial charge in [-0.2, -0.15) is 0 Å². The molecule has 0 aliphatic heterocycles. The molecule has 1 aromatic heterocycles. The fourth-order valence-electron chi connectivity index (χ4n) is 3.62. The number of aromatic nitrogens is 1. The Kier molecular flexibility index (Phi) is 4.98. The summed E-state index contributed by atoms with van der Waals surface area (Å²) in [4.78, 5) is 18.0. The van der Waals surface area contributed by atoms with Crippen LogP contribution in [0.2, 0.25) is 0 Å². The highest BCUT2D eigenvalue weighted by molar-refractivity contribution is 6.04. The van der Waals surface area contributed by atoms with Crippen LogP contribution in [0, 0.1) is 0 Å². The Balaban J connectivity index is 1.97. The highest BCUT2D eigenvalue weighted by atomic mass is 16.2. The molecule has 0 spiro atoms. The molecule has 0 bridgehead atoms. The van der Waals surface area contributed by atoms with Crippen LogP contribution in [0.25, 0.3) is 0 Å². The van der Waals surface area contributed by atoms with E-state index in [9.17, 15) is 4.79 Å². The average Bonchev–Trinajstić information content (AvgIpc) is 2.77. The van der Waals surface area contributed by atoms with Crippen molar-refractivity contribution in [1.82, 2.24) is 4.98 Å². The molecule has 0 atom stereocenters. The molecule has 0 aliphatic rings. The fraction of sp³-hybridized carbons (Fsp3) is 0.0400. The summed E-state index contributed by atoms with van der Waals surface area (Å²) < 4.78 is 0. The summed E-state index contributed by atoms with van der Waals surface area (Å²) in [6.45, 7) is 0. The topological polar surface area (TPSA) is 42.0 Å². The number of benzene rings is 3. The van der Waals surface area contributed by atoms with Crippen LogP contribution in [-0.2, 0) is 10.2 Å². The van der Waals surface area contributed by atoms with Crippen LogP contribution < -0.4 is 5.32 Å². The minimum absolute atomic E-state index is 0.121. The van der Waals surface area contributed by atoms with Crippen LogP contribution in [0.5, 0.6) is 0 Å². The predicted octanol–water partition coefficient (Wildman–Crippen LogP) is 5.05. The third-order valence-corrected chi connectivity index (χ3v) is 4.88. The summed E-state index contributed by atoms with van der Waals surface area (Å²) in [7, 11) is 0. The highest BCUT2D eigenvalue weighted by Crippen LogP contribution is 2.40. The van der Waals surface area contributed by atoms with E-state index in [2.05, 4.69) is 10.3 Å². The largest absolute Gasteiger partial charge is 0.323 e. The van der Waals surface area contributed by atoms with Gasteiger partial charge in [-0.05, 0) is 28.8 Å². The number of rotatable bonds is 5. The molecule has 3 aromatic carbocycles. The number of carbonyl (C=O) groups is 1. The molecular formula is C25H20N2O. The van der Waals surface area contributed by atoms with Crippen molar-refractivity contribution >= 4 is 11.6 Å². The summed E-state index contributed by atoms with van der Waals surface area (Å²) in [5.74, 6) is -0.121. The van der Waals surface area contributed by atoms with E-state index in [-0.39, 0.29) is 5.91 Å². The standard InChI is InChI=1S/C25H20N2O/c28-24(27-23-17-10-18-26-19-23)25(20-11-4-1-5-12-20,21-13-6-2-7-14-21)22-15-8-3-9-16-22/h1-19H,(H,27,28). The number of hydrogen-bond acceptors (Lipinski definition) is 2. The predicted molar refractivity (Wildman–Crippen MR) is 112 cm³/mol. The van der Waals surface area contributed by atoms with Gasteiger partial charge in [-0.1, -0.05) is 91.0 Å². The van der Waals surface area contributed by atoms with Crippen molar-refractivity contribution in [3.8, 4) is 0 Å². The lowest BCUT2D eigenvalue weighted by molar-refractivity contribution is -0.119. The van der Waals surface area contributed by atoms with Crippen molar-refractivity contribution in [1.29, 1.82) is 0 Å². The SMILES string of the molecule is O=C(Nc1cccnc1)C(c1ccccc1)(c1ccccc1)c1ccccc1. The van der Waals surface area contributed by atoms with Gasteiger partial charge in [-0.3, -0.25) is 9.78 Å². The van der Waals surface area contributed by atoms with Gasteiger partial charge in [0.2, 0.25) is 5.91 Å². The van der Waals surface area contributed by atoms with Gasteiger partial charge in [0.05, 0.1) is 11.9 Å². The second-order valence-electron chi connectivity index (χ2n) is 6.54. The Labute approximate surface area is 164 Å². The van der Waals surface area contributed by atoms with Gasteiger partial charge in [-0.25, -0.2) is 0 Å². The maximum Gasteiger partial charge on any atom is 0.244 e. The Morgan fingerprint density at radius 3 is 1.50 bits per heavy atom. The number of nitrogens with one attached hydrogen (secondary N) is 1. The third-order valence-electron chi connectivity index (χ3n) is 4.88. The smallest absolute Gasteiger partial charge is 0.244 e. The molecule has 0 unspecified atom stereocenters. The lowest BCUT2D eigenvalue weighted by Crippen LogP contribution is -2.42. The minimum Gasteiger partial charge on any atom is -0.323 e. The molecular weight excluding hydrogens is 344 g/mol. The van der Waals surface area contributed by atoms with Crippen molar-refractivity contribution in [2.75, 3.05) is 5.32 Å². The van der Waals surface area contributed by atoms with Crippen LogP contribution in [0.15, 0.2) is 116 Å². The van der Waals surface area contributed by atoms with Crippen LogP contribution in [-0.4, -0.2) is 10.9 Å². The van der Waals surface area contributed by atoms with Crippen LogP contribution >= 0.6 is 0 Å². The monoisotopic (exact) mass is 364 g/mol. The molecule has 3 heteroatoms. The van der Waals surface area contributed by atoms with Crippen molar-refractivity contribution in [2.24, 2.45) is 0 Å². The second-order valence-corrected chi connectivity index (χ2v) is 6.54. The van der Waals surface area contributed by atoms with Gasteiger partial charge in [0.1, 0.15) is 5.41 Å². The van der Waals surface area contributed by atoms with E-state index < -0.39 is 5.41 Å². The van der Waals surface area contributed by atoms with Gasteiger partial charge in [0, 0.05) is 6.20 Å². The molecule has 0 radical (unpaired) electrons. The summed E-state index contributed by atoms with van der Waals surface area (Å²) in [6, 6.07) is 33.3. The molecule has 1 N–H and O–H groups in total. The van der Waals surface area contributed by atoms with E-state index in [4.69, 9.17) is 0 Å². The summed E-state index contributed by atoms with van der Waals surface area (Å²) in [5, 5.41) is 3.08. The Morgan fingerprint density at radius 2 is 1.11 bits per heavy atom. The second kappa shape index (κ2) is 7.89. The van der Waals surface area contributed by atoms with E-state index in [1.54, 1.807) is 12.4 Å². The van der Waals surface area contributed by atoms with Gasteiger partial charge in [0.25, 0.3) is 0 Å². The molecule has 0 saturated heterocycles. The zero-order valence-corrected chi connectivity index (χ0v) is 15.3. The first-order valence-electron chi connectivity index (χ1n) is 9.20. The maximum atomic E-state index is 13.9. The van der Waals surface area contributed by atoms with E-state index in [0.29, 0.717) is 5.69 Å². The molecule has 0 aliphatic carbocycles. The first-order valence-corrected chi connectivity index (χ1v) is 9.20. The molecule has 28 heavy (non-hydrogen) atoms. The number of carbonyl (C=O) groups excluding carboxylic acids is 1. The van der Waals surface area contributed by atoms with Gasteiger partial charge >= 0.3 is 0 Å². The van der Waals surface area contributed by atoms with Gasteiger partial charge < -0.3 is 5.32 Å². The molecule has 4 rings (SSSR count). The molecule has 3 nitrogen and oxygen atoms in total. The number of amides is 1. The van der Waals surface area contributed by atoms with E-state index in [0.717, 1.165) is 16.7 Å². The number of hydrogen-bond donors (Lipinski definition) is 1. The fourth-order valence-corrected chi connectivity index (χ4v) is 3.62. The number of pyridine rings is 1. The first kappa shape index (κ1) is 17.7.